The first-order chi connectivity index (χ1) is 13.8. The fourth-order valence-corrected chi connectivity index (χ4v) is 3.29. The Morgan fingerprint density at radius 3 is 2.82 bits per heavy atom. The molecule has 1 aliphatic rings. The van der Waals surface area contributed by atoms with Gasteiger partial charge >= 0.3 is 0 Å². The molecule has 0 radical (unpaired) electrons. The van der Waals surface area contributed by atoms with Gasteiger partial charge in [0.05, 0.1) is 23.1 Å². The second kappa shape index (κ2) is 6.59. The third-order valence-corrected chi connectivity index (χ3v) is 4.63. The van der Waals surface area contributed by atoms with Crippen molar-refractivity contribution in [1.29, 1.82) is 0 Å². The van der Waals surface area contributed by atoms with Gasteiger partial charge in [-0.25, -0.2) is 0 Å². The standard InChI is InChI=1S/C22H15N5O/c28-22-18(16-3-1-2-4-19(16)25-22)11-14-5-7-17-20(26-27-21(17)12-14)8-6-15-13-23-9-10-24-15/h1-13H,(H,25,28)(H,26,27)/b8-6+,18-11-. The normalized spacial score (nSPS) is 14.7. The number of hydrogen-bond donors (Lipinski definition) is 2. The van der Waals surface area contributed by atoms with E-state index >= 15 is 0 Å². The molecule has 0 atom stereocenters. The molecule has 4 aromatic rings. The molecule has 2 aromatic carbocycles. The summed E-state index contributed by atoms with van der Waals surface area (Å²) >= 11 is 0. The number of aromatic amines is 1. The van der Waals surface area contributed by atoms with E-state index in [0.717, 1.165) is 39.1 Å². The molecule has 0 spiro atoms. The van der Waals surface area contributed by atoms with Gasteiger partial charge in [0, 0.05) is 34.6 Å². The van der Waals surface area contributed by atoms with Crippen molar-refractivity contribution in [3.8, 4) is 0 Å². The van der Waals surface area contributed by atoms with Crippen LogP contribution >= 0.6 is 0 Å². The number of anilines is 1. The predicted molar refractivity (Wildman–Crippen MR) is 110 cm³/mol. The van der Waals surface area contributed by atoms with Gasteiger partial charge in [0.2, 0.25) is 0 Å². The van der Waals surface area contributed by atoms with Gasteiger partial charge in [-0.1, -0.05) is 24.3 Å². The third-order valence-electron chi connectivity index (χ3n) is 4.63. The van der Waals surface area contributed by atoms with Crippen molar-refractivity contribution in [2.75, 3.05) is 5.32 Å². The van der Waals surface area contributed by atoms with Gasteiger partial charge in [0.15, 0.2) is 0 Å². The quantitative estimate of drug-likeness (QED) is 0.537. The lowest BCUT2D eigenvalue weighted by Crippen LogP contribution is -2.03. The zero-order chi connectivity index (χ0) is 18.9. The number of benzene rings is 2. The summed E-state index contributed by atoms with van der Waals surface area (Å²) in [6.45, 7) is 0. The minimum atomic E-state index is -0.0847. The van der Waals surface area contributed by atoms with Crippen molar-refractivity contribution >= 4 is 46.3 Å². The molecular formula is C22H15N5O. The van der Waals surface area contributed by atoms with E-state index in [0.29, 0.717) is 5.57 Å². The highest BCUT2D eigenvalue weighted by Gasteiger charge is 2.23. The van der Waals surface area contributed by atoms with Gasteiger partial charge in [-0.15, -0.1) is 0 Å². The maximum absolute atomic E-state index is 12.3. The van der Waals surface area contributed by atoms with E-state index < -0.39 is 0 Å². The summed E-state index contributed by atoms with van der Waals surface area (Å²) in [5.41, 5.74) is 5.86. The fraction of sp³-hybridized carbons (Fsp3) is 0. The van der Waals surface area contributed by atoms with Crippen LogP contribution in [0, 0.1) is 0 Å². The van der Waals surface area contributed by atoms with Crippen molar-refractivity contribution in [3.05, 3.63) is 83.6 Å². The maximum atomic E-state index is 12.3. The molecule has 0 bridgehead atoms. The molecule has 28 heavy (non-hydrogen) atoms. The van der Waals surface area contributed by atoms with E-state index in [9.17, 15) is 4.79 Å². The molecule has 6 heteroatoms. The zero-order valence-corrected chi connectivity index (χ0v) is 14.8. The smallest absolute Gasteiger partial charge is 0.256 e. The number of rotatable bonds is 3. The van der Waals surface area contributed by atoms with E-state index in [1.807, 2.05) is 60.7 Å². The first kappa shape index (κ1) is 16.1. The number of fused-ring (bicyclic) bond motifs is 2. The lowest BCUT2D eigenvalue weighted by Gasteiger charge is -1.99. The Labute approximate surface area is 160 Å². The second-order valence-corrected chi connectivity index (χ2v) is 6.44. The number of nitrogens with zero attached hydrogens (tertiary/aromatic N) is 3. The molecule has 6 nitrogen and oxygen atoms in total. The number of para-hydroxylation sites is 1. The van der Waals surface area contributed by atoms with Crippen LogP contribution in [0.3, 0.4) is 0 Å². The molecule has 0 unspecified atom stereocenters. The van der Waals surface area contributed by atoms with Gasteiger partial charge < -0.3 is 5.32 Å². The van der Waals surface area contributed by atoms with E-state index in [1.165, 1.54) is 0 Å². The maximum Gasteiger partial charge on any atom is 0.256 e. The van der Waals surface area contributed by atoms with Crippen LogP contribution in [0.4, 0.5) is 5.69 Å². The van der Waals surface area contributed by atoms with Crippen LogP contribution in [0.2, 0.25) is 0 Å². The molecular weight excluding hydrogens is 350 g/mol. The summed E-state index contributed by atoms with van der Waals surface area (Å²) in [4.78, 5) is 20.6. The van der Waals surface area contributed by atoms with Crippen molar-refractivity contribution in [3.63, 3.8) is 0 Å². The number of carbonyl (C=O) groups is 1. The van der Waals surface area contributed by atoms with Crippen LogP contribution < -0.4 is 5.32 Å². The Kier molecular flexibility index (Phi) is 3.80. The van der Waals surface area contributed by atoms with Crippen molar-refractivity contribution in [2.45, 2.75) is 0 Å². The third kappa shape index (κ3) is 2.87. The van der Waals surface area contributed by atoms with E-state index in [2.05, 4.69) is 25.5 Å². The summed E-state index contributed by atoms with van der Waals surface area (Å²) in [6, 6.07) is 13.7. The van der Waals surface area contributed by atoms with Crippen LogP contribution in [0.15, 0.2) is 61.1 Å². The highest BCUT2D eigenvalue weighted by Crippen LogP contribution is 2.33. The summed E-state index contributed by atoms with van der Waals surface area (Å²) in [5.74, 6) is -0.0847. The summed E-state index contributed by atoms with van der Waals surface area (Å²) < 4.78 is 0. The number of H-pyrrole nitrogens is 1. The highest BCUT2D eigenvalue weighted by molar-refractivity contribution is 6.34. The fourth-order valence-electron chi connectivity index (χ4n) is 3.29. The van der Waals surface area contributed by atoms with Crippen LogP contribution in [0.25, 0.3) is 34.7 Å². The average molecular weight is 365 g/mol. The largest absolute Gasteiger partial charge is 0.321 e. The van der Waals surface area contributed by atoms with E-state index in [1.54, 1.807) is 18.6 Å². The number of hydrogen-bond acceptors (Lipinski definition) is 4. The molecule has 3 heterocycles. The average Bonchev–Trinajstić information content (AvgIpc) is 3.28. The molecule has 2 N–H and O–H groups in total. The van der Waals surface area contributed by atoms with Crippen LogP contribution in [-0.4, -0.2) is 26.1 Å². The first-order valence-corrected chi connectivity index (χ1v) is 8.82. The molecule has 0 aliphatic carbocycles. The lowest BCUT2D eigenvalue weighted by atomic mass is 10.0. The van der Waals surface area contributed by atoms with Gasteiger partial charge in [0.1, 0.15) is 0 Å². The Balaban J connectivity index is 1.49. The Morgan fingerprint density at radius 1 is 1.00 bits per heavy atom. The summed E-state index contributed by atoms with van der Waals surface area (Å²) in [7, 11) is 0. The number of amides is 1. The lowest BCUT2D eigenvalue weighted by molar-refractivity contribution is -0.110. The minimum Gasteiger partial charge on any atom is -0.321 e. The number of nitrogens with one attached hydrogen (secondary N) is 2. The number of carbonyl (C=O) groups excluding carboxylic acids is 1. The molecule has 134 valence electrons. The van der Waals surface area contributed by atoms with Crippen molar-refractivity contribution in [1.82, 2.24) is 20.2 Å². The van der Waals surface area contributed by atoms with Gasteiger partial charge in [-0.3, -0.25) is 19.9 Å². The Morgan fingerprint density at radius 2 is 1.93 bits per heavy atom. The zero-order valence-electron chi connectivity index (χ0n) is 14.8. The summed E-state index contributed by atoms with van der Waals surface area (Å²) in [6.07, 6.45) is 10.7. The van der Waals surface area contributed by atoms with Crippen LogP contribution in [-0.2, 0) is 4.79 Å². The van der Waals surface area contributed by atoms with Gasteiger partial charge in [-0.05, 0) is 42.0 Å². The molecule has 2 aromatic heterocycles. The van der Waals surface area contributed by atoms with Crippen molar-refractivity contribution < 1.29 is 4.79 Å². The van der Waals surface area contributed by atoms with Crippen molar-refractivity contribution in [2.24, 2.45) is 0 Å². The number of aromatic nitrogens is 4. The molecule has 0 saturated carbocycles. The monoisotopic (exact) mass is 365 g/mol. The molecule has 1 aliphatic heterocycles. The van der Waals surface area contributed by atoms with Crippen LogP contribution in [0.1, 0.15) is 22.5 Å². The van der Waals surface area contributed by atoms with Gasteiger partial charge in [-0.2, -0.15) is 5.10 Å². The topological polar surface area (TPSA) is 83.6 Å². The van der Waals surface area contributed by atoms with Gasteiger partial charge in [0.25, 0.3) is 5.91 Å². The Bertz CT molecular complexity index is 1250. The molecule has 0 saturated heterocycles. The van der Waals surface area contributed by atoms with E-state index in [4.69, 9.17) is 0 Å². The van der Waals surface area contributed by atoms with Crippen LogP contribution in [0.5, 0.6) is 0 Å². The SMILES string of the molecule is O=C1Nc2ccccc2/C1=C/c1ccc2c(/C=C/c3cnccn3)n[nH]c2c1. The van der Waals surface area contributed by atoms with E-state index in [-0.39, 0.29) is 5.91 Å². The molecule has 1 amide bonds. The minimum absolute atomic E-state index is 0.0847. The first-order valence-electron chi connectivity index (χ1n) is 8.82. The predicted octanol–water partition coefficient (Wildman–Crippen LogP) is 4.02. The summed E-state index contributed by atoms with van der Waals surface area (Å²) in [5, 5.41) is 11.3. The molecule has 0 fully saturated rings. The highest BCUT2D eigenvalue weighted by atomic mass is 16.2. The second-order valence-electron chi connectivity index (χ2n) is 6.44. The molecule has 5 rings (SSSR count). The Hall–Kier alpha value is -4.06.